The number of hydrogen-bond donors (Lipinski definition) is 1. The molecule has 0 spiro atoms. The third-order valence-electron chi connectivity index (χ3n) is 3.54. The van der Waals surface area contributed by atoms with Gasteiger partial charge in [0.1, 0.15) is 6.61 Å². The number of nitrogens with one attached hydrogen (secondary N) is 1. The van der Waals surface area contributed by atoms with Crippen LogP contribution in [0.1, 0.15) is 39.3 Å². The number of hydrogen-bond acceptors (Lipinski definition) is 4. The Morgan fingerprint density at radius 3 is 2.22 bits per heavy atom. The van der Waals surface area contributed by atoms with Gasteiger partial charge in [0, 0.05) is 19.7 Å². The molecule has 0 bridgehead atoms. The molecule has 23 heavy (non-hydrogen) atoms. The predicted molar refractivity (Wildman–Crippen MR) is 89.6 cm³/mol. The van der Waals surface area contributed by atoms with E-state index in [2.05, 4.69) is 5.32 Å². The van der Waals surface area contributed by atoms with Crippen LogP contribution in [0.25, 0.3) is 0 Å². The third kappa shape index (κ3) is 5.30. The number of amides is 1. The van der Waals surface area contributed by atoms with E-state index in [-0.39, 0.29) is 23.5 Å². The van der Waals surface area contributed by atoms with E-state index in [1.54, 1.807) is 24.3 Å². The maximum absolute atomic E-state index is 12.4. The Balaban J connectivity index is 2.82. The fourth-order valence-corrected chi connectivity index (χ4v) is 3.66. The molecule has 0 heterocycles. The minimum absolute atomic E-state index is 0.0231. The molecule has 7 heteroatoms. The number of nitrogens with zero attached hydrogens (tertiary/aromatic N) is 1. The van der Waals surface area contributed by atoms with Gasteiger partial charge < -0.3 is 10.1 Å². The lowest BCUT2D eigenvalue weighted by molar-refractivity contribution is -0.126. The molecule has 0 fully saturated rings. The Morgan fingerprint density at radius 1 is 1.17 bits per heavy atom. The van der Waals surface area contributed by atoms with Crippen LogP contribution < -0.4 is 5.32 Å². The van der Waals surface area contributed by atoms with E-state index in [0.717, 1.165) is 5.56 Å². The molecule has 1 unspecified atom stereocenters. The van der Waals surface area contributed by atoms with Gasteiger partial charge in [0.15, 0.2) is 0 Å². The summed E-state index contributed by atoms with van der Waals surface area (Å²) in [6.07, 6.45) is 0. The molecule has 0 aliphatic heterocycles. The minimum Gasteiger partial charge on any atom is -0.372 e. The van der Waals surface area contributed by atoms with E-state index in [1.165, 1.54) is 4.31 Å². The van der Waals surface area contributed by atoms with Gasteiger partial charge in [-0.05, 0) is 31.5 Å². The molecule has 0 aliphatic carbocycles. The molecule has 1 rings (SSSR count). The van der Waals surface area contributed by atoms with Gasteiger partial charge in [-0.25, -0.2) is 8.42 Å². The lowest BCUT2D eigenvalue weighted by Gasteiger charge is -2.19. The van der Waals surface area contributed by atoms with E-state index < -0.39 is 10.0 Å². The van der Waals surface area contributed by atoms with Gasteiger partial charge in [0.25, 0.3) is 0 Å². The van der Waals surface area contributed by atoms with Crippen LogP contribution >= 0.6 is 0 Å². The van der Waals surface area contributed by atoms with Crippen molar-refractivity contribution in [1.82, 2.24) is 9.62 Å². The van der Waals surface area contributed by atoms with Crippen LogP contribution in [-0.4, -0.2) is 44.9 Å². The van der Waals surface area contributed by atoms with Gasteiger partial charge in [-0.1, -0.05) is 26.0 Å². The SMILES string of the molecule is CCOCC(=O)NC(C)c1ccc(S(=O)(=O)N(CC)CC)cc1. The van der Waals surface area contributed by atoms with E-state index in [1.807, 2.05) is 27.7 Å². The molecule has 1 atom stereocenters. The molecule has 130 valence electrons. The lowest BCUT2D eigenvalue weighted by Crippen LogP contribution is -2.31. The summed E-state index contributed by atoms with van der Waals surface area (Å²) in [4.78, 5) is 11.9. The number of carbonyl (C=O) groups excluding carboxylic acids is 1. The zero-order valence-electron chi connectivity index (χ0n) is 14.2. The van der Waals surface area contributed by atoms with Gasteiger partial charge in [-0.3, -0.25) is 4.79 Å². The highest BCUT2D eigenvalue weighted by atomic mass is 32.2. The van der Waals surface area contributed by atoms with E-state index in [4.69, 9.17) is 4.74 Å². The largest absolute Gasteiger partial charge is 0.372 e. The number of carbonyl (C=O) groups is 1. The molecule has 1 aromatic rings. The van der Waals surface area contributed by atoms with Crippen LogP contribution in [0.3, 0.4) is 0 Å². The molecular formula is C16H26N2O4S. The Morgan fingerprint density at radius 2 is 1.74 bits per heavy atom. The van der Waals surface area contributed by atoms with Gasteiger partial charge in [-0.15, -0.1) is 0 Å². The van der Waals surface area contributed by atoms with Crippen LogP contribution in [0.4, 0.5) is 0 Å². The zero-order chi connectivity index (χ0) is 17.5. The summed E-state index contributed by atoms with van der Waals surface area (Å²) in [7, 11) is -3.45. The van der Waals surface area contributed by atoms with E-state index in [9.17, 15) is 13.2 Å². The Labute approximate surface area is 138 Å². The second-order valence-electron chi connectivity index (χ2n) is 5.08. The third-order valence-corrected chi connectivity index (χ3v) is 5.60. The summed E-state index contributed by atoms with van der Waals surface area (Å²) in [6, 6.07) is 6.39. The van der Waals surface area contributed by atoms with Crippen molar-refractivity contribution in [3.05, 3.63) is 29.8 Å². The second-order valence-corrected chi connectivity index (χ2v) is 7.02. The fraction of sp³-hybridized carbons (Fsp3) is 0.562. The monoisotopic (exact) mass is 342 g/mol. The van der Waals surface area contributed by atoms with E-state index >= 15 is 0 Å². The van der Waals surface area contributed by atoms with Crippen molar-refractivity contribution in [1.29, 1.82) is 0 Å². The summed E-state index contributed by atoms with van der Waals surface area (Å²) in [5.41, 5.74) is 0.841. The molecule has 0 aromatic heterocycles. The summed E-state index contributed by atoms with van der Waals surface area (Å²) in [6.45, 7) is 8.67. The Bertz CT molecular complexity index is 595. The molecule has 0 aliphatic rings. The molecular weight excluding hydrogens is 316 g/mol. The van der Waals surface area contributed by atoms with Gasteiger partial charge >= 0.3 is 0 Å². The second kappa shape index (κ2) is 9.00. The number of benzene rings is 1. The standard InChI is InChI=1S/C16H26N2O4S/c1-5-18(6-2)23(20,21)15-10-8-14(9-11-15)13(4)17-16(19)12-22-7-3/h8-11,13H,5-7,12H2,1-4H3,(H,17,19). The lowest BCUT2D eigenvalue weighted by atomic mass is 10.1. The summed E-state index contributed by atoms with van der Waals surface area (Å²) in [5.74, 6) is -0.195. The molecule has 0 radical (unpaired) electrons. The van der Waals surface area contributed by atoms with E-state index in [0.29, 0.717) is 19.7 Å². The Kier molecular flexibility index (Phi) is 7.67. The maximum atomic E-state index is 12.4. The molecule has 1 amide bonds. The van der Waals surface area contributed by atoms with Crippen LogP contribution in [-0.2, 0) is 19.6 Å². The Hall–Kier alpha value is -1.44. The van der Waals surface area contributed by atoms with Crippen LogP contribution in [0.5, 0.6) is 0 Å². The van der Waals surface area contributed by atoms with Crippen LogP contribution in [0.2, 0.25) is 0 Å². The quantitative estimate of drug-likeness (QED) is 0.744. The average Bonchev–Trinajstić information content (AvgIpc) is 2.53. The van der Waals surface area contributed by atoms with Crippen molar-refractivity contribution in [3.63, 3.8) is 0 Å². The summed E-state index contributed by atoms with van der Waals surface area (Å²) in [5, 5.41) is 2.81. The first-order chi connectivity index (χ1) is 10.9. The van der Waals surface area contributed by atoms with Crippen molar-refractivity contribution in [2.24, 2.45) is 0 Å². The molecule has 0 saturated heterocycles. The summed E-state index contributed by atoms with van der Waals surface area (Å²) >= 11 is 0. The molecule has 1 N–H and O–H groups in total. The predicted octanol–water partition coefficient (Wildman–Crippen LogP) is 1.93. The fourth-order valence-electron chi connectivity index (χ4n) is 2.20. The summed E-state index contributed by atoms with van der Waals surface area (Å²) < 4.78 is 31.3. The topological polar surface area (TPSA) is 75.7 Å². The number of ether oxygens (including phenoxy) is 1. The highest BCUT2D eigenvalue weighted by Gasteiger charge is 2.21. The molecule has 0 saturated carbocycles. The maximum Gasteiger partial charge on any atom is 0.246 e. The zero-order valence-corrected chi connectivity index (χ0v) is 15.0. The van der Waals surface area contributed by atoms with Crippen molar-refractivity contribution in [3.8, 4) is 0 Å². The first-order valence-electron chi connectivity index (χ1n) is 7.83. The molecule has 1 aromatic carbocycles. The van der Waals surface area contributed by atoms with Crippen LogP contribution in [0.15, 0.2) is 29.2 Å². The van der Waals surface area contributed by atoms with Crippen LogP contribution in [0, 0.1) is 0 Å². The van der Waals surface area contributed by atoms with Gasteiger partial charge in [-0.2, -0.15) is 4.31 Å². The highest BCUT2D eigenvalue weighted by molar-refractivity contribution is 7.89. The van der Waals surface area contributed by atoms with Crippen molar-refractivity contribution >= 4 is 15.9 Å². The van der Waals surface area contributed by atoms with Crippen molar-refractivity contribution in [2.75, 3.05) is 26.3 Å². The van der Waals surface area contributed by atoms with Crippen molar-refractivity contribution < 1.29 is 17.9 Å². The highest BCUT2D eigenvalue weighted by Crippen LogP contribution is 2.19. The number of sulfonamides is 1. The van der Waals surface area contributed by atoms with Gasteiger partial charge in [0.2, 0.25) is 15.9 Å². The first kappa shape index (κ1) is 19.6. The first-order valence-corrected chi connectivity index (χ1v) is 9.27. The normalized spacial score (nSPS) is 13.1. The van der Waals surface area contributed by atoms with Crippen molar-refractivity contribution in [2.45, 2.75) is 38.6 Å². The number of rotatable bonds is 9. The smallest absolute Gasteiger partial charge is 0.246 e. The average molecular weight is 342 g/mol. The minimum atomic E-state index is -3.45. The molecule has 6 nitrogen and oxygen atoms in total. The van der Waals surface area contributed by atoms with Gasteiger partial charge in [0.05, 0.1) is 10.9 Å².